The molecule has 2 N–H and O–H groups in total. The molecule has 0 unspecified atom stereocenters. The average Bonchev–Trinajstić information content (AvgIpc) is 2.66. The highest BCUT2D eigenvalue weighted by Gasteiger charge is 2.07. The monoisotopic (exact) mass is 402 g/mol. The summed E-state index contributed by atoms with van der Waals surface area (Å²) in [7, 11) is 0. The van der Waals surface area contributed by atoms with Crippen LogP contribution in [-0.2, 0) is 10.5 Å². The van der Waals surface area contributed by atoms with Gasteiger partial charge in [0.1, 0.15) is 0 Å². The lowest BCUT2D eigenvalue weighted by Gasteiger charge is -2.11. The van der Waals surface area contributed by atoms with E-state index >= 15 is 0 Å². The molecule has 0 aromatic heterocycles. The van der Waals surface area contributed by atoms with Crippen LogP contribution in [0.3, 0.4) is 0 Å². The van der Waals surface area contributed by atoms with E-state index in [1.165, 1.54) is 11.1 Å². The summed E-state index contributed by atoms with van der Waals surface area (Å²) in [6.45, 7) is 5.11. The number of hydrogen-bond donors (Lipinski definition) is 2. The number of anilines is 1. The summed E-state index contributed by atoms with van der Waals surface area (Å²) >= 11 is 7.25. The lowest BCUT2D eigenvalue weighted by atomic mass is 10.1. The third-order valence-corrected chi connectivity index (χ3v) is 5.24. The fraction of sp³-hybridized carbons (Fsp3) is 0.333. The second kappa shape index (κ2) is 11.6. The van der Waals surface area contributed by atoms with Crippen LogP contribution in [0, 0.1) is 6.92 Å². The quantitative estimate of drug-likeness (QED) is 0.358. The summed E-state index contributed by atoms with van der Waals surface area (Å²) < 4.78 is 5.01. The Morgan fingerprint density at radius 3 is 2.78 bits per heavy atom. The Hall–Kier alpha value is -2.05. The van der Waals surface area contributed by atoms with Crippen molar-refractivity contribution in [1.82, 2.24) is 5.32 Å². The van der Waals surface area contributed by atoms with Crippen molar-refractivity contribution in [1.29, 1.82) is 0 Å². The number of carbonyl (C=O) groups is 1. The van der Waals surface area contributed by atoms with Crippen molar-refractivity contribution >= 4 is 40.7 Å². The topological polar surface area (TPSA) is 50.4 Å². The zero-order valence-electron chi connectivity index (χ0n) is 15.8. The first-order chi connectivity index (χ1) is 13.1. The zero-order chi connectivity index (χ0) is 19.5. The maximum Gasteiger partial charge on any atom is 0.338 e. The van der Waals surface area contributed by atoms with E-state index < -0.39 is 0 Å². The van der Waals surface area contributed by atoms with Gasteiger partial charge in [-0.3, -0.25) is 0 Å². The minimum atomic E-state index is -0.328. The van der Waals surface area contributed by atoms with E-state index in [9.17, 15) is 4.79 Å². The van der Waals surface area contributed by atoms with Gasteiger partial charge >= 0.3 is 5.97 Å². The first kappa shape index (κ1) is 21.3. The van der Waals surface area contributed by atoms with Gasteiger partial charge in [-0.1, -0.05) is 30.3 Å². The van der Waals surface area contributed by atoms with Crippen molar-refractivity contribution in [3.05, 3.63) is 65.2 Å². The molecule has 0 aliphatic carbocycles. The zero-order valence-corrected chi connectivity index (χ0v) is 17.4. The number of rotatable bonds is 9. The number of benzene rings is 2. The van der Waals surface area contributed by atoms with Crippen LogP contribution in [0.4, 0.5) is 5.69 Å². The molecule has 0 aliphatic rings. The third-order valence-electron chi connectivity index (χ3n) is 3.90. The van der Waals surface area contributed by atoms with Crippen LogP contribution in [-0.4, -0.2) is 30.0 Å². The third kappa shape index (κ3) is 7.61. The van der Waals surface area contributed by atoms with Crippen LogP contribution in [0.5, 0.6) is 0 Å². The van der Waals surface area contributed by atoms with Crippen molar-refractivity contribution in [2.75, 3.05) is 24.2 Å². The van der Waals surface area contributed by atoms with Gasteiger partial charge in [0.2, 0.25) is 0 Å². The molecule has 0 heterocycles. The highest BCUT2D eigenvalue weighted by atomic mass is 32.2. The van der Waals surface area contributed by atoms with Gasteiger partial charge in [0.25, 0.3) is 0 Å². The molecule has 144 valence electrons. The van der Waals surface area contributed by atoms with Gasteiger partial charge in [-0.05, 0) is 67.6 Å². The lowest BCUT2D eigenvalue weighted by Crippen LogP contribution is -2.29. The van der Waals surface area contributed by atoms with Crippen LogP contribution in [0.2, 0.25) is 0 Å². The first-order valence-corrected chi connectivity index (χ1v) is 10.6. The summed E-state index contributed by atoms with van der Waals surface area (Å²) in [5.41, 5.74) is 4.02. The Morgan fingerprint density at radius 2 is 2.00 bits per heavy atom. The van der Waals surface area contributed by atoms with Crippen molar-refractivity contribution in [3.63, 3.8) is 0 Å². The van der Waals surface area contributed by atoms with E-state index in [1.54, 1.807) is 25.1 Å². The molecule has 0 radical (unpaired) electrons. The smallest absolute Gasteiger partial charge is 0.338 e. The molecule has 2 rings (SSSR count). The SMILES string of the molecule is CCOC(=O)c1cccc(NC(=S)NCCCSCc2ccccc2C)c1. The van der Waals surface area contributed by atoms with E-state index in [0.29, 0.717) is 17.3 Å². The Balaban J connectivity index is 1.65. The molecule has 4 nitrogen and oxygen atoms in total. The standard InChI is InChI=1S/C21H26N2O2S2/c1-3-25-20(24)17-10-6-11-19(14-17)23-21(26)22-12-7-13-27-15-18-9-5-4-8-16(18)2/h4-6,8-11,14H,3,7,12-13,15H2,1-2H3,(H2,22,23,26). The second-order valence-corrected chi connectivity index (χ2v) is 7.53. The minimum absolute atomic E-state index is 0.328. The van der Waals surface area contributed by atoms with Gasteiger partial charge in [0.05, 0.1) is 12.2 Å². The summed E-state index contributed by atoms with van der Waals surface area (Å²) in [5.74, 6) is 1.78. The normalized spacial score (nSPS) is 10.3. The van der Waals surface area contributed by atoms with E-state index in [-0.39, 0.29) is 5.97 Å². The molecule has 0 spiro atoms. The Labute approximate surface area is 171 Å². The molecule has 27 heavy (non-hydrogen) atoms. The molecule has 2 aromatic carbocycles. The Morgan fingerprint density at radius 1 is 1.19 bits per heavy atom. The van der Waals surface area contributed by atoms with Gasteiger partial charge in [0.15, 0.2) is 5.11 Å². The minimum Gasteiger partial charge on any atom is -0.462 e. The highest BCUT2D eigenvalue weighted by molar-refractivity contribution is 7.98. The van der Waals surface area contributed by atoms with E-state index in [1.807, 2.05) is 17.8 Å². The first-order valence-electron chi connectivity index (χ1n) is 9.04. The number of nitrogens with one attached hydrogen (secondary N) is 2. The molecule has 2 aromatic rings. The van der Waals surface area contributed by atoms with Crippen molar-refractivity contribution in [2.45, 2.75) is 26.0 Å². The number of thioether (sulfide) groups is 1. The maximum atomic E-state index is 11.8. The maximum absolute atomic E-state index is 11.8. The highest BCUT2D eigenvalue weighted by Crippen LogP contribution is 2.16. The summed E-state index contributed by atoms with van der Waals surface area (Å²) in [6.07, 6.45) is 1.03. The van der Waals surface area contributed by atoms with Crippen LogP contribution < -0.4 is 10.6 Å². The van der Waals surface area contributed by atoms with Gasteiger partial charge in [-0.25, -0.2) is 4.79 Å². The van der Waals surface area contributed by atoms with Gasteiger partial charge < -0.3 is 15.4 Å². The van der Waals surface area contributed by atoms with Crippen molar-refractivity contribution in [3.8, 4) is 0 Å². The Kier molecular flexibility index (Phi) is 9.15. The number of hydrogen-bond acceptors (Lipinski definition) is 4. The molecule has 0 saturated carbocycles. The average molecular weight is 403 g/mol. The number of esters is 1. The van der Waals surface area contributed by atoms with Crippen molar-refractivity contribution in [2.24, 2.45) is 0 Å². The summed E-state index contributed by atoms with van der Waals surface area (Å²) in [4.78, 5) is 11.8. The fourth-order valence-electron chi connectivity index (χ4n) is 2.44. The number of thiocarbonyl (C=S) groups is 1. The number of carbonyl (C=O) groups excluding carboxylic acids is 1. The summed E-state index contributed by atoms with van der Waals surface area (Å²) in [6, 6.07) is 15.6. The molecule has 0 amide bonds. The molecule has 0 saturated heterocycles. The summed E-state index contributed by atoms with van der Waals surface area (Å²) in [5, 5.41) is 6.87. The predicted octanol–water partition coefficient (Wildman–Crippen LogP) is 4.78. The second-order valence-electron chi connectivity index (χ2n) is 6.01. The Bertz CT molecular complexity index is 765. The predicted molar refractivity (Wildman–Crippen MR) is 119 cm³/mol. The van der Waals surface area contributed by atoms with Crippen LogP contribution >= 0.6 is 24.0 Å². The molecule has 0 bridgehead atoms. The van der Waals surface area contributed by atoms with Crippen LogP contribution in [0.25, 0.3) is 0 Å². The van der Waals surface area contributed by atoms with E-state index in [2.05, 4.69) is 41.8 Å². The molecule has 6 heteroatoms. The lowest BCUT2D eigenvalue weighted by molar-refractivity contribution is 0.0526. The molecule has 0 fully saturated rings. The van der Waals surface area contributed by atoms with Gasteiger partial charge in [-0.15, -0.1) is 0 Å². The van der Waals surface area contributed by atoms with Gasteiger partial charge in [0, 0.05) is 18.0 Å². The number of aryl methyl sites for hydroxylation is 1. The van der Waals surface area contributed by atoms with E-state index in [4.69, 9.17) is 17.0 Å². The molecular weight excluding hydrogens is 376 g/mol. The molecular formula is C21H26N2O2S2. The fourth-order valence-corrected chi connectivity index (χ4v) is 3.70. The molecule has 0 aliphatic heterocycles. The van der Waals surface area contributed by atoms with Crippen LogP contribution in [0.1, 0.15) is 34.8 Å². The van der Waals surface area contributed by atoms with Crippen molar-refractivity contribution < 1.29 is 9.53 Å². The van der Waals surface area contributed by atoms with Crippen LogP contribution in [0.15, 0.2) is 48.5 Å². The largest absolute Gasteiger partial charge is 0.462 e. The van der Waals surface area contributed by atoms with E-state index in [0.717, 1.165) is 30.2 Å². The number of ether oxygens (including phenoxy) is 1. The van der Waals surface area contributed by atoms with Gasteiger partial charge in [-0.2, -0.15) is 11.8 Å². The molecule has 0 atom stereocenters.